The standard InChI is InChI=1S/C13H17ClN6/c1-13(2,3)20-12-9(15)11(17-7-18-12)19-8-5-4-6-16-10(8)14/h4-7H,15H2,1-3H3,(H2,17,18,19,20). The molecule has 0 unspecified atom stereocenters. The van der Waals surface area contributed by atoms with E-state index in [9.17, 15) is 0 Å². The van der Waals surface area contributed by atoms with Crippen LogP contribution in [0.15, 0.2) is 24.7 Å². The van der Waals surface area contributed by atoms with E-state index in [1.165, 1.54) is 6.33 Å². The molecule has 20 heavy (non-hydrogen) atoms. The molecule has 0 aliphatic heterocycles. The molecule has 0 fully saturated rings. The summed E-state index contributed by atoms with van der Waals surface area (Å²) >= 11 is 6.00. The largest absolute Gasteiger partial charge is 0.393 e. The Morgan fingerprint density at radius 2 is 1.85 bits per heavy atom. The van der Waals surface area contributed by atoms with Crippen molar-refractivity contribution < 1.29 is 0 Å². The molecule has 7 heteroatoms. The third-order valence-corrected chi connectivity index (χ3v) is 2.69. The van der Waals surface area contributed by atoms with E-state index in [2.05, 4.69) is 25.6 Å². The first-order valence-corrected chi connectivity index (χ1v) is 6.51. The van der Waals surface area contributed by atoms with E-state index in [-0.39, 0.29) is 5.54 Å². The molecule has 0 saturated heterocycles. The van der Waals surface area contributed by atoms with Crippen LogP contribution in [0, 0.1) is 0 Å². The van der Waals surface area contributed by atoms with Crippen LogP contribution in [0.2, 0.25) is 5.15 Å². The second-order valence-corrected chi connectivity index (χ2v) is 5.68. The van der Waals surface area contributed by atoms with E-state index in [0.717, 1.165) is 0 Å². The van der Waals surface area contributed by atoms with Crippen molar-refractivity contribution in [2.24, 2.45) is 0 Å². The molecule has 0 radical (unpaired) electrons. The molecule has 2 rings (SSSR count). The van der Waals surface area contributed by atoms with Gasteiger partial charge in [-0.1, -0.05) is 11.6 Å². The Kier molecular flexibility index (Phi) is 3.94. The zero-order valence-corrected chi connectivity index (χ0v) is 12.4. The molecule has 0 spiro atoms. The molecular formula is C13H17ClN6. The van der Waals surface area contributed by atoms with Crippen molar-refractivity contribution in [2.75, 3.05) is 16.4 Å². The Morgan fingerprint density at radius 3 is 2.50 bits per heavy atom. The number of rotatable bonds is 3. The van der Waals surface area contributed by atoms with Gasteiger partial charge in [-0.15, -0.1) is 0 Å². The maximum Gasteiger partial charge on any atom is 0.159 e. The molecule has 0 atom stereocenters. The Morgan fingerprint density at radius 1 is 1.15 bits per heavy atom. The minimum absolute atomic E-state index is 0.147. The number of hydrogen-bond donors (Lipinski definition) is 3. The molecule has 106 valence electrons. The Balaban J connectivity index is 2.30. The number of hydrogen-bond acceptors (Lipinski definition) is 6. The Bertz CT molecular complexity index is 608. The van der Waals surface area contributed by atoms with Gasteiger partial charge in [0.1, 0.15) is 12.0 Å². The van der Waals surface area contributed by atoms with Crippen LogP contribution in [0.4, 0.5) is 23.0 Å². The average Bonchev–Trinajstić information content (AvgIpc) is 2.35. The maximum atomic E-state index is 6.07. The van der Waals surface area contributed by atoms with E-state index < -0.39 is 0 Å². The quantitative estimate of drug-likeness (QED) is 0.754. The van der Waals surface area contributed by atoms with Gasteiger partial charge in [-0.3, -0.25) is 0 Å². The van der Waals surface area contributed by atoms with Crippen molar-refractivity contribution in [1.29, 1.82) is 0 Å². The third kappa shape index (κ3) is 3.48. The van der Waals surface area contributed by atoms with Crippen molar-refractivity contribution in [3.63, 3.8) is 0 Å². The van der Waals surface area contributed by atoms with Crippen LogP contribution in [0.25, 0.3) is 0 Å². The van der Waals surface area contributed by atoms with Gasteiger partial charge in [0.25, 0.3) is 0 Å². The second kappa shape index (κ2) is 5.50. The molecule has 2 aromatic heterocycles. The lowest BCUT2D eigenvalue weighted by Gasteiger charge is -2.22. The van der Waals surface area contributed by atoms with Gasteiger partial charge in [0.05, 0.1) is 5.69 Å². The smallest absolute Gasteiger partial charge is 0.159 e. The fraction of sp³-hybridized carbons (Fsp3) is 0.308. The van der Waals surface area contributed by atoms with E-state index in [1.807, 2.05) is 20.8 Å². The second-order valence-electron chi connectivity index (χ2n) is 5.33. The molecule has 2 heterocycles. The van der Waals surface area contributed by atoms with Crippen molar-refractivity contribution in [1.82, 2.24) is 15.0 Å². The number of nitrogens with two attached hydrogens (primary N) is 1. The van der Waals surface area contributed by atoms with Crippen LogP contribution in [0.1, 0.15) is 20.8 Å². The first-order valence-electron chi connectivity index (χ1n) is 6.13. The summed E-state index contributed by atoms with van der Waals surface area (Å²) in [6.45, 7) is 6.08. The first-order chi connectivity index (χ1) is 9.37. The van der Waals surface area contributed by atoms with Gasteiger partial charge in [-0.2, -0.15) is 0 Å². The molecule has 6 nitrogen and oxygen atoms in total. The van der Waals surface area contributed by atoms with Crippen LogP contribution >= 0.6 is 11.6 Å². The average molecular weight is 293 g/mol. The van der Waals surface area contributed by atoms with Crippen LogP contribution in [-0.4, -0.2) is 20.5 Å². The number of halogens is 1. The van der Waals surface area contributed by atoms with E-state index in [0.29, 0.717) is 28.2 Å². The highest BCUT2D eigenvalue weighted by Crippen LogP contribution is 2.29. The van der Waals surface area contributed by atoms with Gasteiger partial charge in [0.15, 0.2) is 16.8 Å². The van der Waals surface area contributed by atoms with E-state index >= 15 is 0 Å². The molecule has 0 aromatic carbocycles. The van der Waals surface area contributed by atoms with Crippen LogP contribution in [-0.2, 0) is 0 Å². The SMILES string of the molecule is CC(C)(C)Nc1ncnc(Nc2cccnc2Cl)c1N. The molecular weight excluding hydrogens is 276 g/mol. The van der Waals surface area contributed by atoms with Crippen LogP contribution in [0.5, 0.6) is 0 Å². The topological polar surface area (TPSA) is 88.8 Å². The lowest BCUT2D eigenvalue weighted by molar-refractivity contribution is 0.630. The number of nitrogens with zero attached hydrogens (tertiary/aromatic N) is 3. The lowest BCUT2D eigenvalue weighted by atomic mass is 10.1. The van der Waals surface area contributed by atoms with E-state index in [4.69, 9.17) is 17.3 Å². The van der Waals surface area contributed by atoms with E-state index in [1.54, 1.807) is 18.3 Å². The Labute approximate surface area is 122 Å². The molecule has 0 saturated carbocycles. The highest BCUT2D eigenvalue weighted by atomic mass is 35.5. The Hall–Kier alpha value is -2.08. The zero-order valence-electron chi connectivity index (χ0n) is 11.6. The lowest BCUT2D eigenvalue weighted by Crippen LogP contribution is -2.27. The highest BCUT2D eigenvalue weighted by Gasteiger charge is 2.15. The predicted octanol–water partition coefficient (Wildman–Crippen LogP) is 3.06. The van der Waals surface area contributed by atoms with Crippen molar-refractivity contribution in [3.8, 4) is 0 Å². The highest BCUT2D eigenvalue weighted by molar-refractivity contribution is 6.32. The summed E-state index contributed by atoms with van der Waals surface area (Å²) in [7, 11) is 0. The fourth-order valence-corrected chi connectivity index (χ4v) is 1.72. The predicted molar refractivity (Wildman–Crippen MR) is 82.3 cm³/mol. The number of nitrogens with one attached hydrogen (secondary N) is 2. The normalized spacial score (nSPS) is 11.2. The third-order valence-electron chi connectivity index (χ3n) is 2.39. The molecule has 2 aromatic rings. The fourth-order valence-electron chi connectivity index (χ4n) is 1.56. The van der Waals surface area contributed by atoms with Crippen molar-refractivity contribution in [3.05, 3.63) is 29.8 Å². The van der Waals surface area contributed by atoms with Gasteiger partial charge in [0, 0.05) is 11.7 Å². The van der Waals surface area contributed by atoms with Crippen molar-refractivity contribution >= 4 is 34.6 Å². The molecule has 4 N–H and O–H groups in total. The summed E-state index contributed by atoms with van der Waals surface area (Å²) < 4.78 is 0. The van der Waals surface area contributed by atoms with Gasteiger partial charge in [0.2, 0.25) is 0 Å². The molecule has 0 amide bonds. The number of anilines is 4. The zero-order chi connectivity index (χ0) is 14.8. The number of nitrogen functional groups attached to an aromatic ring is 1. The van der Waals surface area contributed by atoms with Crippen LogP contribution < -0.4 is 16.4 Å². The molecule has 0 aliphatic rings. The summed E-state index contributed by atoms with van der Waals surface area (Å²) in [6.07, 6.45) is 3.06. The van der Waals surface area contributed by atoms with Crippen molar-refractivity contribution in [2.45, 2.75) is 26.3 Å². The molecule has 0 aliphatic carbocycles. The van der Waals surface area contributed by atoms with Gasteiger partial charge in [-0.05, 0) is 32.9 Å². The van der Waals surface area contributed by atoms with Crippen LogP contribution in [0.3, 0.4) is 0 Å². The molecule has 0 bridgehead atoms. The summed E-state index contributed by atoms with van der Waals surface area (Å²) in [6, 6.07) is 3.58. The minimum atomic E-state index is -0.147. The van der Waals surface area contributed by atoms with Gasteiger partial charge in [-0.25, -0.2) is 15.0 Å². The first kappa shape index (κ1) is 14.3. The van der Waals surface area contributed by atoms with Gasteiger partial charge >= 0.3 is 0 Å². The summed E-state index contributed by atoms with van der Waals surface area (Å²) in [5.74, 6) is 1.07. The summed E-state index contributed by atoms with van der Waals surface area (Å²) in [5, 5.41) is 6.64. The minimum Gasteiger partial charge on any atom is -0.393 e. The van der Waals surface area contributed by atoms with Gasteiger partial charge < -0.3 is 16.4 Å². The summed E-state index contributed by atoms with van der Waals surface area (Å²) in [5.41, 5.74) is 7.00. The summed E-state index contributed by atoms with van der Waals surface area (Å²) in [4.78, 5) is 12.3. The maximum absolute atomic E-state index is 6.07. The number of pyridine rings is 1. The monoisotopic (exact) mass is 292 g/mol. The number of aromatic nitrogens is 3.